The summed E-state index contributed by atoms with van der Waals surface area (Å²) in [6, 6.07) is 3.91. The number of aryl methyl sites for hydroxylation is 1. The van der Waals surface area contributed by atoms with Gasteiger partial charge in [0.15, 0.2) is 0 Å². The van der Waals surface area contributed by atoms with Crippen LogP contribution >= 0.6 is 0 Å². The Labute approximate surface area is 140 Å². The molecule has 0 aromatic carbocycles. The molecule has 1 saturated heterocycles. The average molecular weight is 328 g/mol. The maximum Gasteiger partial charge on any atom is 0.227 e. The van der Waals surface area contributed by atoms with Crippen LogP contribution in [-0.2, 0) is 16.0 Å². The lowest BCUT2D eigenvalue weighted by Crippen LogP contribution is -2.51. The fourth-order valence-electron chi connectivity index (χ4n) is 3.57. The van der Waals surface area contributed by atoms with Crippen LogP contribution in [0.4, 0.5) is 0 Å². The van der Waals surface area contributed by atoms with Gasteiger partial charge in [-0.3, -0.25) is 9.78 Å². The molecule has 2 unspecified atom stereocenters. The van der Waals surface area contributed by atoms with Crippen LogP contribution in [0.5, 0.6) is 0 Å². The maximum atomic E-state index is 12.6. The third-order valence-electron chi connectivity index (χ3n) is 4.76. The van der Waals surface area contributed by atoms with Gasteiger partial charge < -0.3 is 14.2 Å². The van der Waals surface area contributed by atoms with E-state index in [0.717, 1.165) is 24.8 Å². The fraction of sp³-hybridized carbons (Fsp3) is 0.529. The molecule has 2 atom stereocenters. The quantitative estimate of drug-likeness (QED) is 0.852. The molecular weight excluding hydrogens is 308 g/mol. The van der Waals surface area contributed by atoms with Crippen molar-refractivity contribution in [3.63, 3.8) is 0 Å². The largest absolute Gasteiger partial charge is 0.374 e. The van der Waals surface area contributed by atoms with Crippen molar-refractivity contribution < 1.29 is 14.1 Å². The van der Waals surface area contributed by atoms with Gasteiger partial charge in [0.2, 0.25) is 17.6 Å². The topological polar surface area (TPSA) is 81.3 Å². The molecule has 7 heteroatoms. The van der Waals surface area contributed by atoms with Crippen molar-refractivity contribution in [2.75, 3.05) is 13.2 Å². The van der Waals surface area contributed by atoms with E-state index in [1.54, 1.807) is 12.4 Å². The summed E-state index contributed by atoms with van der Waals surface area (Å²) >= 11 is 0. The number of nitrogens with zero attached hydrogens (tertiary/aromatic N) is 4. The van der Waals surface area contributed by atoms with E-state index in [1.165, 1.54) is 0 Å². The summed E-state index contributed by atoms with van der Waals surface area (Å²) in [6.45, 7) is 1.33. The molecule has 2 aromatic rings. The summed E-state index contributed by atoms with van der Waals surface area (Å²) in [5, 5.41) is 3.97. The lowest BCUT2D eigenvalue weighted by molar-refractivity contribution is -0.144. The number of fused-ring (bicyclic) bond motifs is 1. The Morgan fingerprint density at radius 3 is 3.04 bits per heavy atom. The number of carbonyl (C=O) groups is 1. The third kappa shape index (κ3) is 3.03. The predicted octanol–water partition coefficient (Wildman–Crippen LogP) is 1.84. The van der Waals surface area contributed by atoms with Crippen molar-refractivity contribution in [3.05, 3.63) is 30.4 Å². The second-order valence-electron chi connectivity index (χ2n) is 6.24. The zero-order valence-electron chi connectivity index (χ0n) is 13.4. The zero-order chi connectivity index (χ0) is 16.4. The molecule has 4 rings (SSSR count). The van der Waals surface area contributed by atoms with Crippen molar-refractivity contribution in [2.24, 2.45) is 0 Å². The monoisotopic (exact) mass is 328 g/mol. The van der Waals surface area contributed by atoms with Crippen LogP contribution in [0.2, 0.25) is 0 Å². The Balaban J connectivity index is 1.37. The molecule has 2 aliphatic rings. The van der Waals surface area contributed by atoms with Crippen molar-refractivity contribution in [2.45, 2.75) is 44.2 Å². The van der Waals surface area contributed by atoms with Crippen molar-refractivity contribution in [1.82, 2.24) is 20.0 Å². The van der Waals surface area contributed by atoms with Gasteiger partial charge >= 0.3 is 0 Å². The number of hydrogen-bond donors (Lipinski definition) is 0. The molecule has 3 heterocycles. The number of rotatable bonds is 4. The van der Waals surface area contributed by atoms with Gasteiger partial charge in [-0.25, -0.2) is 0 Å². The van der Waals surface area contributed by atoms with Crippen molar-refractivity contribution in [3.8, 4) is 11.4 Å². The van der Waals surface area contributed by atoms with Gasteiger partial charge in [0, 0.05) is 37.3 Å². The first-order valence-electron chi connectivity index (χ1n) is 8.45. The normalized spacial score (nSPS) is 23.2. The highest BCUT2D eigenvalue weighted by atomic mass is 16.5. The first kappa shape index (κ1) is 15.3. The van der Waals surface area contributed by atoms with Crippen LogP contribution in [0.1, 0.15) is 31.6 Å². The fourth-order valence-corrected chi connectivity index (χ4v) is 3.57. The summed E-state index contributed by atoms with van der Waals surface area (Å²) in [5.41, 5.74) is 0.855. The molecule has 1 saturated carbocycles. The third-order valence-corrected chi connectivity index (χ3v) is 4.76. The highest BCUT2D eigenvalue weighted by Gasteiger charge is 2.38. The van der Waals surface area contributed by atoms with Gasteiger partial charge in [0.25, 0.3) is 0 Å². The van der Waals surface area contributed by atoms with E-state index < -0.39 is 0 Å². The van der Waals surface area contributed by atoms with E-state index >= 15 is 0 Å². The molecule has 7 nitrogen and oxygen atoms in total. The highest BCUT2D eigenvalue weighted by Crippen LogP contribution is 2.30. The summed E-state index contributed by atoms with van der Waals surface area (Å²) in [7, 11) is 0. The average Bonchev–Trinajstić information content (AvgIpc) is 3.29. The van der Waals surface area contributed by atoms with Crippen molar-refractivity contribution >= 4 is 5.91 Å². The molecule has 0 N–H and O–H groups in total. The summed E-state index contributed by atoms with van der Waals surface area (Å²) < 4.78 is 11.0. The zero-order valence-corrected chi connectivity index (χ0v) is 13.4. The first-order chi connectivity index (χ1) is 11.8. The number of hydrogen-bond acceptors (Lipinski definition) is 6. The lowest BCUT2D eigenvalue weighted by atomic mass is 10.1. The van der Waals surface area contributed by atoms with E-state index in [4.69, 9.17) is 9.26 Å². The Morgan fingerprint density at radius 2 is 2.17 bits per heavy atom. The van der Waals surface area contributed by atoms with Crippen molar-refractivity contribution in [1.29, 1.82) is 0 Å². The standard InChI is InChI=1S/C17H20N4O3/c22-16(21-10-11-23-14-3-1-2-13(14)21)5-4-15-19-17(20-24-15)12-6-8-18-9-7-12/h6-9,13-14H,1-5,10-11H2. The van der Waals surface area contributed by atoms with E-state index in [9.17, 15) is 4.79 Å². The van der Waals surface area contributed by atoms with Gasteiger partial charge in [0.05, 0.1) is 18.8 Å². The predicted molar refractivity (Wildman–Crippen MR) is 84.9 cm³/mol. The van der Waals surface area contributed by atoms with E-state index in [0.29, 0.717) is 37.7 Å². The molecule has 0 radical (unpaired) electrons. The Hall–Kier alpha value is -2.28. The molecule has 24 heavy (non-hydrogen) atoms. The first-order valence-corrected chi connectivity index (χ1v) is 8.45. The summed E-state index contributed by atoms with van der Waals surface area (Å²) in [6.07, 6.45) is 7.70. The highest BCUT2D eigenvalue weighted by molar-refractivity contribution is 5.77. The van der Waals surface area contributed by atoms with Crippen LogP contribution in [0.25, 0.3) is 11.4 Å². The number of amides is 1. The molecular formula is C17H20N4O3. The van der Waals surface area contributed by atoms with E-state index in [-0.39, 0.29) is 18.1 Å². The van der Waals surface area contributed by atoms with E-state index in [1.807, 2.05) is 17.0 Å². The summed E-state index contributed by atoms with van der Waals surface area (Å²) in [4.78, 5) is 22.9. The molecule has 2 fully saturated rings. The van der Waals surface area contributed by atoms with Gasteiger partial charge in [-0.1, -0.05) is 5.16 Å². The van der Waals surface area contributed by atoms with Crippen LogP contribution in [0.15, 0.2) is 29.0 Å². The lowest BCUT2D eigenvalue weighted by Gasteiger charge is -2.37. The van der Waals surface area contributed by atoms with Gasteiger partial charge in [0.1, 0.15) is 0 Å². The number of carbonyl (C=O) groups excluding carboxylic acids is 1. The van der Waals surface area contributed by atoms with Gasteiger partial charge in [-0.15, -0.1) is 0 Å². The Morgan fingerprint density at radius 1 is 1.29 bits per heavy atom. The maximum absolute atomic E-state index is 12.6. The SMILES string of the molecule is O=C(CCc1nc(-c2ccncc2)no1)N1CCOC2CCCC21. The second kappa shape index (κ2) is 6.68. The minimum absolute atomic E-state index is 0.152. The Kier molecular flexibility index (Phi) is 4.25. The minimum atomic E-state index is 0.152. The molecule has 0 spiro atoms. The molecule has 1 aliphatic heterocycles. The van der Waals surface area contributed by atoms with Crippen LogP contribution in [-0.4, -0.2) is 51.2 Å². The molecule has 1 amide bonds. The van der Waals surface area contributed by atoms with Crippen LogP contribution < -0.4 is 0 Å². The van der Waals surface area contributed by atoms with Crippen LogP contribution in [0.3, 0.4) is 0 Å². The Bertz CT molecular complexity index is 703. The molecule has 126 valence electrons. The summed E-state index contributed by atoms with van der Waals surface area (Å²) in [5.74, 6) is 1.17. The van der Waals surface area contributed by atoms with Gasteiger partial charge in [-0.05, 0) is 31.4 Å². The van der Waals surface area contributed by atoms with Crippen LogP contribution in [0, 0.1) is 0 Å². The smallest absolute Gasteiger partial charge is 0.227 e. The van der Waals surface area contributed by atoms with E-state index in [2.05, 4.69) is 15.1 Å². The van der Waals surface area contributed by atoms with Gasteiger partial charge in [-0.2, -0.15) is 4.98 Å². The molecule has 1 aliphatic carbocycles. The molecule has 2 aromatic heterocycles. The minimum Gasteiger partial charge on any atom is -0.374 e. The number of morpholine rings is 1. The number of aromatic nitrogens is 3. The number of ether oxygens (including phenoxy) is 1. The molecule has 0 bridgehead atoms. The second-order valence-corrected chi connectivity index (χ2v) is 6.24. The number of pyridine rings is 1.